The van der Waals surface area contributed by atoms with Crippen LogP contribution < -0.4 is 5.73 Å². The number of benzene rings is 1. The molecule has 2 aliphatic heterocycles. The van der Waals surface area contributed by atoms with Gasteiger partial charge in [-0.3, -0.25) is 0 Å². The average Bonchev–Trinajstić information content (AvgIpc) is 3.60. The summed E-state index contributed by atoms with van der Waals surface area (Å²) in [5.41, 5.74) is -9.43. The number of nitrogens with one attached hydrogen (secondary N) is 1. The number of esters is 1. The van der Waals surface area contributed by atoms with E-state index in [1.807, 2.05) is 0 Å². The molecular formula is C32H42N2O11. The van der Waals surface area contributed by atoms with E-state index >= 15 is 0 Å². The molecule has 8 rings (SSSR count). The van der Waals surface area contributed by atoms with Gasteiger partial charge in [0.05, 0.1) is 17.1 Å². The van der Waals surface area contributed by atoms with Crippen LogP contribution in [-0.2, 0) is 9.47 Å². The Labute approximate surface area is 259 Å². The molecule has 6 bridgehead atoms. The highest BCUT2D eigenvalue weighted by atomic mass is 16.7. The Balaban J connectivity index is 0.000000306. The van der Waals surface area contributed by atoms with Gasteiger partial charge in [-0.05, 0) is 55.9 Å². The van der Waals surface area contributed by atoms with E-state index in [1.54, 1.807) is 45.0 Å². The van der Waals surface area contributed by atoms with Crippen LogP contribution in [0.2, 0.25) is 0 Å². The molecule has 11 atom stereocenters. The summed E-state index contributed by atoms with van der Waals surface area (Å²) in [7, 11) is 0. The maximum absolute atomic E-state index is 13.2. The summed E-state index contributed by atoms with van der Waals surface area (Å²) in [6.45, 7) is 7.91. The van der Waals surface area contributed by atoms with Crippen LogP contribution in [0.15, 0.2) is 42.6 Å². The van der Waals surface area contributed by atoms with Gasteiger partial charge in [0, 0.05) is 23.7 Å². The smallest absolute Gasteiger partial charge is 0.355 e. The number of hydrogen-bond acceptors (Lipinski definition) is 11. The second kappa shape index (κ2) is 9.06. The van der Waals surface area contributed by atoms with Gasteiger partial charge in [0.15, 0.2) is 17.5 Å². The van der Waals surface area contributed by atoms with E-state index in [2.05, 4.69) is 4.98 Å². The fourth-order valence-electron chi connectivity index (χ4n) is 10.3. The van der Waals surface area contributed by atoms with Gasteiger partial charge in [-0.1, -0.05) is 39.8 Å². The highest BCUT2D eigenvalue weighted by molar-refractivity contribution is 5.93. The lowest BCUT2D eigenvalue weighted by Gasteiger charge is -2.60. The van der Waals surface area contributed by atoms with Gasteiger partial charge in [0.25, 0.3) is 0 Å². The second-order valence-electron chi connectivity index (χ2n) is 14.3. The van der Waals surface area contributed by atoms with Crippen molar-refractivity contribution in [3.05, 3.63) is 53.9 Å². The minimum Gasteiger partial charge on any atom is -0.478 e. The molecule has 1 spiro atoms. The Morgan fingerprint density at radius 2 is 1.71 bits per heavy atom. The Bertz CT molecular complexity index is 1570. The summed E-state index contributed by atoms with van der Waals surface area (Å²) in [4.78, 5) is 26.2. The number of rotatable bonds is 4. The van der Waals surface area contributed by atoms with Crippen LogP contribution in [0.3, 0.4) is 0 Å². The van der Waals surface area contributed by atoms with Gasteiger partial charge >= 0.3 is 11.9 Å². The van der Waals surface area contributed by atoms with Crippen LogP contribution in [0.25, 0.3) is 0 Å². The fraction of sp³-hybridized carbons (Fsp3) is 0.625. The number of anilines is 1. The molecule has 3 heterocycles. The molecule has 45 heavy (non-hydrogen) atoms. The van der Waals surface area contributed by atoms with Crippen LogP contribution in [0.5, 0.6) is 0 Å². The molecule has 13 heteroatoms. The van der Waals surface area contributed by atoms with E-state index in [1.165, 1.54) is 32.2 Å². The number of H-pyrrole nitrogens is 1. The molecule has 2 saturated heterocycles. The Kier molecular flexibility index (Phi) is 6.43. The lowest BCUT2D eigenvalue weighted by atomic mass is 9.52. The number of ether oxygens (including phenoxy) is 2. The van der Waals surface area contributed by atoms with Crippen molar-refractivity contribution >= 4 is 17.6 Å². The van der Waals surface area contributed by atoms with E-state index < -0.39 is 80.6 Å². The molecule has 4 saturated carbocycles. The van der Waals surface area contributed by atoms with E-state index in [9.17, 15) is 40.2 Å². The van der Waals surface area contributed by atoms with Crippen molar-refractivity contribution in [3.8, 4) is 0 Å². The van der Waals surface area contributed by atoms with Gasteiger partial charge in [0.2, 0.25) is 0 Å². The Morgan fingerprint density at radius 1 is 1.07 bits per heavy atom. The summed E-state index contributed by atoms with van der Waals surface area (Å²) >= 11 is 0. The van der Waals surface area contributed by atoms with Gasteiger partial charge in [-0.15, -0.1) is 0 Å². The standard InChI is InChI=1S/C25H35NO9.C7H7NO2/c1-12(2)22(31)17(34-16(28)14-7-6-10-26-14)23(32)18(4)11-21(30)19(22,5)25(23,33)24(35-21)15(27)13(3)8-9-20(18,24)29;8-6-4-2-1-3-5(6)7(9)10/h6-7,10,12-13,15,17,26-27,29-33H,8-9,11H2,1-5H3;1-4H,8H2,(H,9,10)/t13-,15+,17+,18-,19+,20-,21-,22+,23+,24+,25+;/m0./s1. The Morgan fingerprint density at radius 3 is 2.24 bits per heavy atom. The average molecular weight is 631 g/mol. The number of aromatic amines is 1. The summed E-state index contributed by atoms with van der Waals surface area (Å²) in [5.74, 6) is -5.33. The normalized spacial score (nSPS) is 48.6. The maximum atomic E-state index is 13.2. The van der Waals surface area contributed by atoms with Crippen LogP contribution >= 0.6 is 0 Å². The zero-order chi connectivity index (χ0) is 33.4. The van der Waals surface area contributed by atoms with Gasteiger partial charge in [0.1, 0.15) is 28.1 Å². The number of carboxylic acids is 1. The highest BCUT2D eigenvalue weighted by Crippen LogP contribution is 2.90. The maximum Gasteiger partial charge on any atom is 0.355 e. The lowest BCUT2D eigenvalue weighted by molar-refractivity contribution is -0.390. The first kappa shape index (κ1) is 31.9. The van der Waals surface area contributed by atoms with Crippen molar-refractivity contribution in [1.29, 1.82) is 0 Å². The number of hydrogen-bond donors (Lipinski definition) is 9. The third kappa shape index (κ3) is 2.96. The van der Waals surface area contributed by atoms with E-state index in [0.717, 1.165) is 0 Å². The van der Waals surface area contributed by atoms with E-state index in [0.29, 0.717) is 12.1 Å². The number of aliphatic hydroxyl groups is 6. The number of carbonyl (C=O) groups excluding carboxylic acids is 1. The lowest BCUT2D eigenvalue weighted by Crippen LogP contribution is -2.75. The minimum absolute atomic E-state index is 0.0654. The fourth-order valence-corrected chi connectivity index (χ4v) is 10.3. The predicted octanol–water partition coefficient (Wildman–Crippen LogP) is 0.779. The van der Waals surface area contributed by atoms with Crippen LogP contribution in [0.4, 0.5) is 5.69 Å². The largest absolute Gasteiger partial charge is 0.478 e. The van der Waals surface area contributed by atoms with Crippen molar-refractivity contribution in [2.45, 2.75) is 99.9 Å². The zero-order valence-electron chi connectivity index (χ0n) is 25.8. The topological polar surface area (TPSA) is 236 Å². The van der Waals surface area contributed by atoms with Crippen molar-refractivity contribution in [2.24, 2.45) is 22.7 Å². The minimum atomic E-state index is -2.59. The molecule has 0 amide bonds. The molecule has 1 aromatic heterocycles. The number of carboxylic acid groups (broad SMARTS) is 1. The summed E-state index contributed by atoms with van der Waals surface area (Å²) in [5, 5.41) is 82.4. The summed E-state index contributed by atoms with van der Waals surface area (Å²) in [6, 6.07) is 9.43. The molecular weight excluding hydrogens is 588 g/mol. The molecule has 4 aliphatic carbocycles. The SMILES string of the molecule is CC(C)[C@@]1(O)[C@@H](OC(=O)c2ccc[nH]2)[C@@]2(O)[C@@]3(C)C[C@]4(O)O[C@@]5([C@H](O)[C@@H](C)CC[C@]35O)[C@@]2(O)[C@@]14C.Nc1ccccc1C(=O)O. The number of aromatic carboxylic acids is 1. The molecule has 6 fully saturated rings. The van der Waals surface area contributed by atoms with Gasteiger partial charge < -0.3 is 55.9 Å². The van der Waals surface area contributed by atoms with Crippen LogP contribution in [0.1, 0.15) is 74.7 Å². The monoisotopic (exact) mass is 630 g/mol. The first-order valence-electron chi connectivity index (χ1n) is 15.2. The molecule has 6 aliphatic rings. The van der Waals surface area contributed by atoms with Crippen molar-refractivity contribution in [3.63, 3.8) is 0 Å². The van der Waals surface area contributed by atoms with Crippen molar-refractivity contribution in [1.82, 2.24) is 4.98 Å². The number of nitrogens with two attached hydrogens (primary N) is 1. The number of carbonyl (C=O) groups is 2. The molecule has 0 radical (unpaired) electrons. The number of aliphatic hydroxyl groups excluding tert-OH is 1. The Hall–Kier alpha value is -3.04. The third-order valence-corrected chi connectivity index (χ3v) is 12.5. The summed E-state index contributed by atoms with van der Waals surface area (Å²) in [6.07, 6.45) is -1.63. The van der Waals surface area contributed by atoms with Crippen LogP contribution in [-0.4, -0.2) is 98.7 Å². The molecule has 0 unspecified atom stereocenters. The predicted molar refractivity (Wildman–Crippen MR) is 156 cm³/mol. The van der Waals surface area contributed by atoms with Crippen molar-refractivity contribution < 1.29 is 54.8 Å². The number of para-hydroxylation sites is 1. The second-order valence-corrected chi connectivity index (χ2v) is 14.3. The summed E-state index contributed by atoms with van der Waals surface area (Å²) < 4.78 is 12.1. The first-order valence-corrected chi connectivity index (χ1v) is 15.2. The number of nitrogen functional groups attached to an aromatic ring is 1. The van der Waals surface area contributed by atoms with E-state index in [-0.39, 0.29) is 24.1 Å². The zero-order valence-corrected chi connectivity index (χ0v) is 25.8. The first-order chi connectivity index (χ1) is 20.7. The molecule has 13 nitrogen and oxygen atoms in total. The highest BCUT2D eigenvalue weighted by Gasteiger charge is 3.10. The van der Waals surface area contributed by atoms with Crippen molar-refractivity contribution in [2.75, 3.05) is 5.73 Å². The molecule has 246 valence electrons. The van der Waals surface area contributed by atoms with E-state index in [4.69, 9.17) is 20.3 Å². The van der Waals surface area contributed by atoms with Gasteiger partial charge in [-0.2, -0.15) is 0 Å². The molecule has 1 aromatic carbocycles. The number of aromatic nitrogens is 1. The quantitative estimate of drug-likeness (QED) is 0.168. The molecule has 2 aromatic rings. The molecule has 10 N–H and O–H groups in total. The van der Waals surface area contributed by atoms with Gasteiger partial charge in [-0.25, -0.2) is 9.59 Å². The third-order valence-electron chi connectivity index (χ3n) is 12.5. The van der Waals surface area contributed by atoms with Crippen LogP contribution in [0, 0.1) is 22.7 Å².